The molecule has 0 heterocycles. The molecule has 0 fully saturated rings. The average Bonchev–Trinajstić information content (AvgIpc) is 2.28. The van der Waals surface area contributed by atoms with Crippen LogP contribution < -0.4 is 5.32 Å². The van der Waals surface area contributed by atoms with Crippen molar-refractivity contribution < 1.29 is 9.90 Å². The topological polar surface area (TPSA) is 52.6 Å². The molecule has 0 amide bonds. The smallest absolute Gasteiger partial charge is 0.328 e. The van der Waals surface area contributed by atoms with Gasteiger partial charge >= 0.3 is 5.97 Å². The SMILES string of the molecule is CN(C)CCNC(C)(C(=O)O)c1ccc(Cl)cc1. The Morgan fingerprint density at radius 3 is 2.39 bits per heavy atom. The largest absolute Gasteiger partial charge is 0.480 e. The molecule has 1 atom stereocenters. The van der Waals surface area contributed by atoms with Gasteiger partial charge in [0.1, 0.15) is 5.54 Å². The Hall–Kier alpha value is -1.10. The number of halogens is 1. The molecular formula is C13H19ClN2O2. The second-order valence-corrected chi connectivity index (χ2v) is 5.10. The Bertz CT molecular complexity index is 406. The van der Waals surface area contributed by atoms with Crippen LogP contribution in [-0.4, -0.2) is 43.2 Å². The van der Waals surface area contributed by atoms with Gasteiger partial charge in [-0.15, -0.1) is 0 Å². The number of carboxylic acid groups (broad SMARTS) is 1. The van der Waals surface area contributed by atoms with E-state index in [1.54, 1.807) is 31.2 Å². The Balaban J connectivity index is 2.86. The normalized spacial score (nSPS) is 14.5. The molecule has 1 aromatic rings. The first-order valence-electron chi connectivity index (χ1n) is 5.75. The van der Waals surface area contributed by atoms with Gasteiger partial charge in [-0.25, -0.2) is 4.79 Å². The van der Waals surface area contributed by atoms with E-state index in [4.69, 9.17) is 11.6 Å². The number of hydrogen-bond acceptors (Lipinski definition) is 3. The molecule has 0 bridgehead atoms. The van der Waals surface area contributed by atoms with Crippen LogP contribution in [-0.2, 0) is 10.3 Å². The van der Waals surface area contributed by atoms with Crippen molar-refractivity contribution in [2.24, 2.45) is 0 Å². The van der Waals surface area contributed by atoms with E-state index in [1.165, 1.54) is 0 Å². The third-order valence-corrected chi connectivity index (χ3v) is 3.14. The molecule has 0 aliphatic carbocycles. The molecule has 1 unspecified atom stereocenters. The average molecular weight is 271 g/mol. The zero-order valence-electron chi connectivity index (χ0n) is 10.9. The van der Waals surface area contributed by atoms with Crippen LogP contribution in [0, 0.1) is 0 Å². The van der Waals surface area contributed by atoms with Gasteiger partial charge in [0, 0.05) is 18.1 Å². The molecule has 0 saturated carbocycles. The zero-order valence-corrected chi connectivity index (χ0v) is 11.7. The molecular weight excluding hydrogens is 252 g/mol. The Morgan fingerprint density at radius 2 is 1.94 bits per heavy atom. The van der Waals surface area contributed by atoms with Gasteiger partial charge in [-0.1, -0.05) is 23.7 Å². The number of nitrogens with zero attached hydrogens (tertiary/aromatic N) is 1. The van der Waals surface area contributed by atoms with Gasteiger partial charge in [0.05, 0.1) is 0 Å². The molecule has 100 valence electrons. The number of aliphatic carboxylic acids is 1. The molecule has 0 radical (unpaired) electrons. The van der Waals surface area contributed by atoms with Crippen LogP contribution in [0.25, 0.3) is 0 Å². The van der Waals surface area contributed by atoms with Crippen LogP contribution in [0.15, 0.2) is 24.3 Å². The number of hydrogen-bond donors (Lipinski definition) is 2. The molecule has 1 aromatic carbocycles. The standard InChI is InChI=1S/C13H19ClN2O2/c1-13(12(17)18,15-8-9-16(2)3)10-4-6-11(14)7-5-10/h4-7,15H,8-9H2,1-3H3,(H,17,18). The van der Waals surface area contributed by atoms with Crippen molar-refractivity contribution in [2.45, 2.75) is 12.5 Å². The van der Waals surface area contributed by atoms with E-state index in [2.05, 4.69) is 5.32 Å². The third kappa shape index (κ3) is 3.70. The van der Waals surface area contributed by atoms with Crippen LogP contribution in [0.3, 0.4) is 0 Å². The number of carboxylic acids is 1. The highest BCUT2D eigenvalue weighted by Crippen LogP contribution is 2.22. The summed E-state index contributed by atoms with van der Waals surface area (Å²) in [5, 5.41) is 13.1. The van der Waals surface area contributed by atoms with E-state index in [-0.39, 0.29) is 0 Å². The van der Waals surface area contributed by atoms with Crippen LogP contribution in [0.5, 0.6) is 0 Å². The molecule has 0 aliphatic heterocycles. The van der Waals surface area contributed by atoms with E-state index < -0.39 is 11.5 Å². The first kappa shape index (κ1) is 15.0. The molecule has 5 heteroatoms. The molecule has 0 aromatic heterocycles. The lowest BCUT2D eigenvalue weighted by Crippen LogP contribution is -2.48. The summed E-state index contributed by atoms with van der Waals surface area (Å²) in [6.45, 7) is 3.03. The Morgan fingerprint density at radius 1 is 1.39 bits per heavy atom. The number of benzene rings is 1. The van der Waals surface area contributed by atoms with Gasteiger partial charge in [-0.05, 0) is 38.7 Å². The number of carbonyl (C=O) groups is 1. The second-order valence-electron chi connectivity index (χ2n) is 4.67. The van der Waals surface area contributed by atoms with Gasteiger partial charge < -0.3 is 10.0 Å². The zero-order chi connectivity index (χ0) is 13.8. The molecule has 0 saturated heterocycles. The first-order valence-corrected chi connectivity index (χ1v) is 6.13. The fraction of sp³-hybridized carbons (Fsp3) is 0.462. The second kappa shape index (κ2) is 6.18. The van der Waals surface area contributed by atoms with Gasteiger partial charge in [-0.2, -0.15) is 0 Å². The molecule has 4 nitrogen and oxygen atoms in total. The predicted molar refractivity (Wildman–Crippen MR) is 73.0 cm³/mol. The fourth-order valence-electron chi connectivity index (χ4n) is 1.61. The van der Waals surface area contributed by atoms with Crippen molar-refractivity contribution in [1.29, 1.82) is 0 Å². The van der Waals surface area contributed by atoms with E-state index in [0.29, 0.717) is 17.1 Å². The van der Waals surface area contributed by atoms with E-state index >= 15 is 0 Å². The van der Waals surface area contributed by atoms with Crippen molar-refractivity contribution in [3.05, 3.63) is 34.9 Å². The minimum absolute atomic E-state index is 0.596. The summed E-state index contributed by atoms with van der Waals surface area (Å²) in [6.07, 6.45) is 0. The van der Waals surface area contributed by atoms with Crippen molar-refractivity contribution >= 4 is 17.6 Å². The van der Waals surface area contributed by atoms with Crippen LogP contribution in [0.4, 0.5) is 0 Å². The van der Waals surface area contributed by atoms with E-state index in [0.717, 1.165) is 6.54 Å². The molecule has 0 spiro atoms. The number of rotatable bonds is 6. The summed E-state index contributed by atoms with van der Waals surface area (Å²) in [4.78, 5) is 13.5. The summed E-state index contributed by atoms with van der Waals surface area (Å²) in [5.74, 6) is -0.899. The van der Waals surface area contributed by atoms with Crippen molar-refractivity contribution in [3.63, 3.8) is 0 Å². The van der Waals surface area contributed by atoms with Gasteiger partial charge in [-0.3, -0.25) is 5.32 Å². The summed E-state index contributed by atoms with van der Waals surface area (Å²) < 4.78 is 0. The summed E-state index contributed by atoms with van der Waals surface area (Å²) >= 11 is 5.81. The maximum atomic E-state index is 11.5. The van der Waals surface area contributed by atoms with Gasteiger partial charge in [0.15, 0.2) is 0 Å². The van der Waals surface area contributed by atoms with E-state index in [1.807, 2.05) is 19.0 Å². The Labute approximate surface area is 113 Å². The minimum atomic E-state index is -1.10. The summed E-state index contributed by atoms with van der Waals surface area (Å²) in [6, 6.07) is 6.87. The van der Waals surface area contributed by atoms with Crippen molar-refractivity contribution in [2.75, 3.05) is 27.2 Å². The fourth-order valence-corrected chi connectivity index (χ4v) is 1.74. The van der Waals surface area contributed by atoms with Crippen LogP contribution >= 0.6 is 11.6 Å². The lowest BCUT2D eigenvalue weighted by molar-refractivity contribution is -0.144. The maximum Gasteiger partial charge on any atom is 0.328 e. The van der Waals surface area contributed by atoms with E-state index in [9.17, 15) is 9.90 Å². The molecule has 1 rings (SSSR count). The van der Waals surface area contributed by atoms with Crippen molar-refractivity contribution in [3.8, 4) is 0 Å². The molecule has 2 N–H and O–H groups in total. The van der Waals surface area contributed by atoms with Crippen molar-refractivity contribution in [1.82, 2.24) is 10.2 Å². The molecule has 0 aliphatic rings. The number of likely N-dealkylation sites (N-methyl/N-ethyl adjacent to an activating group) is 1. The monoisotopic (exact) mass is 270 g/mol. The lowest BCUT2D eigenvalue weighted by atomic mass is 9.92. The quantitative estimate of drug-likeness (QED) is 0.828. The first-order chi connectivity index (χ1) is 8.36. The third-order valence-electron chi connectivity index (χ3n) is 2.89. The highest BCUT2D eigenvalue weighted by molar-refractivity contribution is 6.30. The number of nitrogens with one attached hydrogen (secondary N) is 1. The minimum Gasteiger partial charge on any atom is -0.480 e. The summed E-state index contributed by atoms with van der Waals surface area (Å²) in [5.41, 5.74) is -0.404. The summed E-state index contributed by atoms with van der Waals surface area (Å²) in [7, 11) is 3.89. The highest BCUT2D eigenvalue weighted by Gasteiger charge is 2.34. The van der Waals surface area contributed by atoms with Gasteiger partial charge in [0.2, 0.25) is 0 Å². The predicted octanol–water partition coefficient (Wildman–Crippen LogP) is 1.79. The lowest BCUT2D eigenvalue weighted by Gasteiger charge is -2.27. The Kier molecular flexibility index (Phi) is 5.14. The maximum absolute atomic E-state index is 11.5. The highest BCUT2D eigenvalue weighted by atomic mass is 35.5. The van der Waals surface area contributed by atoms with Gasteiger partial charge in [0.25, 0.3) is 0 Å². The molecule has 18 heavy (non-hydrogen) atoms. The van der Waals surface area contributed by atoms with Crippen LogP contribution in [0.2, 0.25) is 5.02 Å². The van der Waals surface area contributed by atoms with Crippen LogP contribution in [0.1, 0.15) is 12.5 Å².